The van der Waals surface area contributed by atoms with Crippen LogP contribution in [0.2, 0.25) is 0 Å². The number of hydrogen-bond acceptors (Lipinski definition) is 1. The van der Waals surface area contributed by atoms with Crippen molar-refractivity contribution in [2.24, 2.45) is 28.1 Å². The third kappa shape index (κ3) is 2.44. The lowest BCUT2D eigenvalue weighted by molar-refractivity contribution is -0.170. The molecule has 0 aromatic rings. The second kappa shape index (κ2) is 4.72. The molecule has 1 N–H and O–H groups in total. The maximum atomic E-state index is 12.9. The standard InChI is InChI=1S/C17H28BrNO/c1-12(7-18)8-19-14(20)17-6-13-4-15(2,10-17)9-16(3,5-13)11-17/h12-13H,4-11H2,1-3H3,(H,19,20). The summed E-state index contributed by atoms with van der Waals surface area (Å²) in [5, 5.41) is 4.21. The molecule has 3 heteroatoms. The smallest absolute Gasteiger partial charge is 0.226 e. The number of nitrogens with one attached hydrogen (secondary N) is 1. The van der Waals surface area contributed by atoms with Crippen molar-refractivity contribution in [1.29, 1.82) is 0 Å². The highest BCUT2D eigenvalue weighted by molar-refractivity contribution is 9.09. The Balaban J connectivity index is 1.77. The maximum Gasteiger partial charge on any atom is 0.226 e. The molecule has 0 radical (unpaired) electrons. The van der Waals surface area contributed by atoms with Crippen LogP contribution in [0.15, 0.2) is 0 Å². The number of carbonyl (C=O) groups excluding carboxylic acids is 1. The number of hydrogen-bond donors (Lipinski definition) is 1. The van der Waals surface area contributed by atoms with E-state index < -0.39 is 0 Å². The molecular formula is C17H28BrNO. The van der Waals surface area contributed by atoms with E-state index in [1.54, 1.807) is 0 Å². The molecule has 1 amide bonds. The van der Waals surface area contributed by atoms with Crippen molar-refractivity contribution in [3.8, 4) is 0 Å². The van der Waals surface area contributed by atoms with E-state index in [9.17, 15) is 4.79 Å². The van der Waals surface area contributed by atoms with Crippen molar-refractivity contribution in [1.82, 2.24) is 5.32 Å². The van der Waals surface area contributed by atoms with Crippen molar-refractivity contribution in [3.63, 3.8) is 0 Å². The first-order valence-corrected chi connectivity index (χ1v) is 9.25. The summed E-state index contributed by atoms with van der Waals surface area (Å²) in [6.07, 6.45) is 7.45. The van der Waals surface area contributed by atoms with E-state index in [1.165, 1.54) is 19.3 Å². The van der Waals surface area contributed by atoms with Gasteiger partial charge in [0.05, 0.1) is 5.41 Å². The average Bonchev–Trinajstić information content (AvgIpc) is 2.30. The van der Waals surface area contributed by atoms with Gasteiger partial charge in [-0.15, -0.1) is 0 Å². The van der Waals surface area contributed by atoms with Gasteiger partial charge in [-0.25, -0.2) is 0 Å². The van der Waals surface area contributed by atoms with Crippen molar-refractivity contribution in [2.45, 2.75) is 59.3 Å². The highest BCUT2D eigenvalue weighted by atomic mass is 79.9. The molecule has 0 aromatic heterocycles. The number of amides is 1. The van der Waals surface area contributed by atoms with Gasteiger partial charge in [-0.3, -0.25) is 4.79 Å². The van der Waals surface area contributed by atoms with Crippen molar-refractivity contribution in [2.75, 3.05) is 11.9 Å². The summed E-state index contributed by atoms with van der Waals surface area (Å²) in [5.74, 6) is 1.66. The van der Waals surface area contributed by atoms with E-state index in [0.717, 1.165) is 37.1 Å². The van der Waals surface area contributed by atoms with Gasteiger partial charge in [0, 0.05) is 11.9 Å². The third-order valence-electron chi connectivity index (χ3n) is 5.98. The molecule has 0 spiro atoms. The predicted molar refractivity (Wildman–Crippen MR) is 85.8 cm³/mol. The molecule has 114 valence electrons. The zero-order valence-electron chi connectivity index (χ0n) is 13.1. The molecule has 20 heavy (non-hydrogen) atoms. The Bertz CT molecular complexity index is 403. The van der Waals surface area contributed by atoms with E-state index in [1.807, 2.05) is 0 Å². The molecule has 4 saturated carbocycles. The Morgan fingerprint density at radius 3 is 2.30 bits per heavy atom. The lowest BCUT2D eigenvalue weighted by Gasteiger charge is -2.64. The fourth-order valence-corrected chi connectivity index (χ4v) is 6.44. The summed E-state index contributed by atoms with van der Waals surface area (Å²) in [7, 11) is 0. The predicted octanol–water partition coefficient (Wildman–Crippen LogP) is 4.13. The summed E-state index contributed by atoms with van der Waals surface area (Å²) in [5.41, 5.74) is 0.800. The minimum atomic E-state index is -0.0467. The fourth-order valence-electron chi connectivity index (χ4n) is 6.21. The van der Waals surface area contributed by atoms with Gasteiger partial charge in [-0.05, 0) is 61.2 Å². The van der Waals surface area contributed by atoms with Crippen LogP contribution in [0.25, 0.3) is 0 Å². The van der Waals surface area contributed by atoms with Crippen LogP contribution in [0, 0.1) is 28.1 Å². The van der Waals surface area contributed by atoms with Crippen molar-refractivity contribution < 1.29 is 4.79 Å². The molecule has 3 unspecified atom stereocenters. The second-order valence-corrected chi connectivity index (χ2v) is 9.53. The van der Waals surface area contributed by atoms with Gasteiger partial charge in [0.25, 0.3) is 0 Å². The third-order valence-corrected chi connectivity index (χ3v) is 7.09. The van der Waals surface area contributed by atoms with Gasteiger partial charge in [0.2, 0.25) is 5.91 Å². The zero-order chi connectivity index (χ0) is 14.6. The molecule has 4 aliphatic carbocycles. The molecule has 0 saturated heterocycles. The summed E-state index contributed by atoms with van der Waals surface area (Å²) in [6, 6.07) is 0. The maximum absolute atomic E-state index is 12.9. The van der Waals surface area contributed by atoms with Crippen molar-refractivity contribution in [3.05, 3.63) is 0 Å². The Morgan fingerprint density at radius 1 is 1.20 bits per heavy atom. The van der Waals surface area contributed by atoms with Gasteiger partial charge in [0.1, 0.15) is 0 Å². The lowest BCUT2D eigenvalue weighted by atomic mass is 9.40. The van der Waals surface area contributed by atoms with Gasteiger partial charge in [-0.1, -0.05) is 36.7 Å². The first-order chi connectivity index (χ1) is 9.28. The van der Waals surface area contributed by atoms with Gasteiger partial charge >= 0.3 is 0 Å². The molecule has 4 bridgehead atoms. The molecule has 0 aliphatic heterocycles. The molecule has 4 aliphatic rings. The van der Waals surface area contributed by atoms with Crippen LogP contribution in [-0.4, -0.2) is 17.8 Å². The molecule has 3 atom stereocenters. The first-order valence-electron chi connectivity index (χ1n) is 8.13. The Hall–Kier alpha value is -0.0500. The van der Waals surface area contributed by atoms with E-state index >= 15 is 0 Å². The minimum Gasteiger partial charge on any atom is -0.355 e. The van der Waals surface area contributed by atoms with E-state index in [0.29, 0.717) is 22.7 Å². The van der Waals surface area contributed by atoms with Gasteiger partial charge < -0.3 is 5.32 Å². The molecule has 0 heterocycles. The molecule has 2 nitrogen and oxygen atoms in total. The highest BCUT2D eigenvalue weighted by Gasteiger charge is 2.62. The molecule has 4 fully saturated rings. The normalized spacial score (nSPS) is 47.3. The van der Waals surface area contributed by atoms with Crippen LogP contribution in [0.1, 0.15) is 59.3 Å². The summed E-state index contributed by atoms with van der Waals surface area (Å²) >= 11 is 3.49. The molecule has 0 aromatic carbocycles. The SMILES string of the molecule is CC(CBr)CNC(=O)C12CC3CC(C)(CC(C)(C3)C1)C2. The van der Waals surface area contributed by atoms with E-state index in [2.05, 4.69) is 42.0 Å². The van der Waals surface area contributed by atoms with E-state index in [-0.39, 0.29) is 5.41 Å². The first kappa shape index (κ1) is 14.9. The molecular weight excluding hydrogens is 314 g/mol. The van der Waals surface area contributed by atoms with Crippen LogP contribution in [0.3, 0.4) is 0 Å². The van der Waals surface area contributed by atoms with Gasteiger partial charge in [-0.2, -0.15) is 0 Å². The van der Waals surface area contributed by atoms with Crippen LogP contribution < -0.4 is 5.32 Å². The Kier molecular flexibility index (Phi) is 3.51. The zero-order valence-corrected chi connectivity index (χ0v) is 14.7. The second-order valence-electron chi connectivity index (χ2n) is 8.88. The Labute approximate surface area is 131 Å². The fraction of sp³-hybridized carbons (Fsp3) is 0.941. The van der Waals surface area contributed by atoms with Gasteiger partial charge in [0.15, 0.2) is 0 Å². The van der Waals surface area contributed by atoms with Crippen LogP contribution in [0.4, 0.5) is 0 Å². The lowest BCUT2D eigenvalue weighted by Crippen LogP contribution is -2.60. The topological polar surface area (TPSA) is 29.1 Å². The van der Waals surface area contributed by atoms with Crippen molar-refractivity contribution >= 4 is 21.8 Å². The van der Waals surface area contributed by atoms with Crippen LogP contribution >= 0.6 is 15.9 Å². The Morgan fingerprint density at radius 2 is 1.80 bits per heavy atom. The number of rotatable bonds is 4. The monoisotopic (exact) mass is 341 g/mol. The molecule has 4 rings (SSSR count). The van der Waals surface area contributed by atoms with E-state index in [4.69, 9.17) is 0 Å². The quantitative estimate of drug-likeness (QED) is 0.765. The number of halogens is 1. The van der Waals surface area contributed by atoms with Crippen LogP contribution in [0.5, 0.6) is 0 Å². The highest BCUT2D eigenvalue weighted by Crippen LogP contribution is 2.69. The summed E-state index contributed by atoms with van der Waals surface area (Å²) < 4.78 is 0. The summed E-state index contributed by atoms with van der Waals surface area (Å²) in [6.45, 7) is 7.85. The average molecular weight is 342 g/mol. The van der Waals surface area contributed by atoms with Crippen LogP contribution in [-0.2, 0) is 4.79 Å². The largest absolute Gasteiger partial charge is 0.355 e. The minimum absolute atomic E-state index is 0.0467. The number of carbonyl (C=O) groups is 1. The number of alkyl halides is 1. The summed E-state index contributed by atoms with van der Waals surface area (Å²) in [4.78, 5) is 12.9.